The highest BCUT2D eigenvalue weighted by Gasteiger charge is 2.24. The fraction of sp³-hybridized carbons (Fsp3) is 0.0714. The minimum atomic E-state index is -0.415. The summed E-state index contributed by atoms with van der Waals surface area (Å²) in [6.07, 6.45) is 0. The minimum Gasteiger partial charge on any atom is -0.330 e. The number of rotatable bonds is 1. The standard InChI is InChI=1S/C14H9BrClFN2O/c15-10-5-13-12(6-11(10)17)18-14(20)7-19(13)9-3-1-8(16)2-4-9/h1-6H,7H2,(H,18,20). The van der Waals surface area contributed by atoms with Crippen LogP contribution in [0.5, 0.6) is 0 Å². The molecule has 0 fully saturated rings. The molecule has 1 heterocycles. The Morgan fingerprint density at radius 1 is 1.25 bits per heavy atom. The first-order valence-electron chi connectivity index (χ1n) is 5.86. The zero-order valence-electron chi connectivity index (χ0n) is 10.2. The van der Waals surface area contributed by atoms with Gasteiger partial charge in [0.05, 0.1) is 15.8 Å². The van der Waals surface area contributed by atoms with Gasteiger partial charge in [0.15, 0.2) is 0 Å². The largest absolute Gasteiger partial charge is 0.330 e. The SMILES string of the molecule is O=C1CN(c2ccc(Cl)cc2)c2cc(Br)c(F)cc2N1. The second-order valence-electron chi connectivity index (χ2n) is 4.39. The van der Waals surface area contributed by atoms with Gasteiger partial charge in [0, 0.05) is 16.8 Å². The Kier molecular flexibility index (Phi) is 3.40. The molecule has 1 N–H and O–H groups in total. The number of hydrogen-bond acceptors (Lipinski definition) is 2. The fourth-order valence-electron chi connectivity index (χ4n) is 2.13. The van der Waals surface area contributed by atoms with E-state index in [1.165, 1.54) is 6.07 Å². The van der Waals surface area contributed by atoms with Gasteiger partial charge in [-0.2, -0.15) is 0 Å². The van der Waals surface area contributed by atoms with E-state index < -0.39 is 5.82 Å². The summed E-state index contributed by atoms with van der Waals surface area (Å²) >= 11 is 9.04. The molecule has 0 spiro atoms. The highest BCUT2D eigenvalue weighted by molar-refractivity contribution is 9.10. The Balaban J connectivity index is 2.12. The molecule has 0 atom stereocenters. The molecule has 0 radical (unpaired) electrons. The molecule has 3 rings (SSSR count). The van der Waals surface area contributed by atoms with E-state index in [2.05, 4.69) is 21.2 Å². The summed E-state index contributed by atoms with van der Waals surface area (Å²) in [6.45, 7) is 0.173. The molecule has 2 aromatic rings. The smallest absolute Gasteiger partial charge is 0.244 e. The maximum atomic E-state index is 13.6. The highest BCUT2D eigenvalue weighted by Crippen LogP contribution is 2.38. The van der Waals surface area contributed by atoms with Crippen molar-refractivity contribution in [1.29, 1.82) is 0 Å². The second-order valence-corrected chi connectivity index (χ2v) is 5.68. The highest BCUT2D eigenvalue weighted by atomic mass is 79.9. The molecule has 1 amide bonds. The Bertz CT molecular complexity index is 690. The van der Waals surface area contributed by atoms with Gasteiger partial charge in [0.1, 0.15) is 12.4 Å². The third-order valence-corrected chi connectivity index (χ3v) is 3.90. The molecule has 20 heavy (non-hydrogen) atoms. The lowest BCUT2D eigenvalue weighted by Gasteiger charge is -2.31. The van der Waals surface area contributed by atoms with Crippen LogP contribution in [0.3, 0.4) is 0 Å². The molecule has 0 aliphatic carbocycles. The summed E-state index contributed by atoms with van der Waals surface area (Å²) in [5, 5.41) is 3.29. The number of fused-ring (bicyclic) bond motifs is 1. The molecular weight excluding hydrogens is 347 g/mol. The molecule has 0 saturated heterocycles. The number of anilines is 3. The predicted octanol–water partition coefficient (Wildman–Crippen LogP) is 4.33. The van der Waals surface area contributed by atoms with Crippen molar-refractivity contribution < 1.29 is 9.18 Å². The van der Waals surface area contributed by atoms with Crippen LogP contribution in [-0.4, -0.2) is 12.5 Å². The first-order chi connectivity index (χ1) is 9.54. The molecule has 1 aliphatic rings. The van der Waals surface area contributed by atoms with E-state index >= 15 is 0 Å². The normalized spacial score (nSPS) is 13.9. The van der Waals surface area contributed by atoms with Crippen molar-refractivity contribution in [3.63, 3.8) is 0 Å². The molecule has 2 aromatic carbocycles. The van der Waals surface area contributed by atoms with Crippen molar-refractivity contribution >= 4 is 50.5 Å². The van der Waals surface area contributed by atoms with Crippen molar-refractivity contribution in [2.24, 2.45) is 0 Å². The lowest BCUT2D eigenvalue weighted by molar-refractivity contribution is -0.115. The van der Waals surface area contributed by atoms with E-state index in [1.54, 1.807) is 18.2 Å². The zero-order chi connectivity index (χ0) is 14.3. The summed E-state index contributed by atoms with van der Waals surface area (Å²) < 4.78 is 13.9. The van der Waals surface area contributed by atoms with E-state index in [0.717, 1.165) is 11.4 Å². The first kappa shape index (κ1) is 13.4. The number of nitrogens with zero attached hydrogens (tertiary/aromatic N) is 1. The molecule has 6 heteroatoms. The van der Waals surface area contributed by atoms with Gasteiger partial charge >= 0.3 is 0 Å². The molecule has 102 valence electrons. The topological polar surface area (TPSA) is 32.3 Å². The molecule has 3 nitrogen and oxygen atoms in total. The van der Waals surface area contributed by atoms with E-state index in [4.69, 9.17) is 11.6 Å². The van der Waals surface area contributed by atoms with Crippen LogP contribution < -0.4 is 10.2 Å². The van der Waals surface area contributed by atoms with E-state index in [9.17, 15) is 9.18 Å². The Morgan fingerprint density at radius 3 is 2.65 bits per heavy atom. The molecule has 0 unspecified atom stereocenters. The average molecular weight is 356 g/mol. The summed E-state index contributed by atoms with van der Waals surface area (Å²) in [6, 6.07) is 10.1. The van der Waals surface area contributed by atoms with Gasteiger partial charge in [0.25, 0.3) is 0 Å². The van der Waals surface area contributed by atoms with Crippen LogP contribution in [-0.2, 0) is 4.79 Å². The van der Waals surface area contributed by atoms with Crippen LogP contribution in [0.2, 0.25) is 5.02 Å². The third kappa shape index (κ3) is 2.39. The van der Waals surface area contributed by atoms with Gasteiger partial charge in [0.2, 0.25) is 5.91 Å². The van der Waals surface area contributed by atoms with Crippen LogP contribution >= 0.6 is 27.5 Å². The fourth-order valence-corrected chi connectivity index (χ4v) is 2.59. The van der Waals surface area contributed by atoms with Gasteiger partial charge in [-0.15, -0.1) is 0 Å². The van der Waals surface area contributed by atoms with Crippen LogP contribution in [0.15, 0.2) is 40.9 Å². The molecule has 1 aliphatic heterocycles. The average Bonchev–Trinajstić information content (AvgIpc) is 2.41. The van der Waals surface area contributed by atoms with Crippen LogP contribution in [0.4, 0.5) is 21.5 Å². The summed E-state index contributed by atoms with van der Waals surface area (Å²) in [7, 11) is 0. The second kappa shape index (κ2) is 5.07. The van der Waals surface area contributed by atoms with Gasteiger partial charge in [-0.05, 0) is 46.3 Å². The number of nitrogens with one attached hydrogen (secondary N) is 1. The maximum absolute atomic E-state index is 13.6. The van der Waals surface area contributed by atoms with Crippen LogP contribution in [0.1, 0.15) is 0 Å². The van der Waals surface area contributed by atoms with Gasteiger partial charge < -0.3 is 10.2 Å². The maximum Gasteiger partial charge on any atom is 0.244 e. The number of halogens is 3. The van der Waals surface area contributed by atoms with Gasteiger partial charge in [-0.3, -0.25) is 4.79 Å². The Labute approximate surface area is 128 Å². The van der Waals surface area contributed by atoms with Crippen molar-refractivity contribution in [3.8, 4) is 0 Å². The van der Waals surface area contributed by atoms with Crippen molar-refractivity contribution in [3.05, 3.63) is 51.7 Å². The number of hydrogen-bond donors (Lipinski definition) is 1. The van der Waals surface area contributed by atoms with Crippen molar-refractivity contribution in [2.75, 3.05) is 16.8 Å². The van der Waals surface area contributed by atoms with Gasteiger partial charge in [-0.25, -0.2) is 4.39 Å². The summed E-state index contributed by atoms with van der Waals surface area (Å²) in [5.41, 5.74) is 2.01. The van der Waals surface area contributed by atoms with Crippen LogP contribution in [0.25, 0.3) is 0 Å². The van der Waals surface area contributed by atoms with E-state index in [0.29, 0.717) is 15.2 Å². The summed E-state index contributed by atoms with van der Waals surface area (Å²) in [4.78, 5) is 13.6. The monoisotopic (exact) mass is 354 g/mol. The zero-order valence-corrected chi connectivity index (χ0v) is 12.5. The van der Waals surface area contributed by atoms with Crippen molar-refractivity contribution in [1.82, 2.24) is 0 Å². The molecule has 0 saturated carbocycles. The lowest BCUT2D eigenvalue weighted by atomic mass is 10.1. The predicted molar refractivity (Wildman–Crippen MR) is 81.2 cm³/mol. The van der Waals surface area contributed by atoms with E-state index in [1.807, 2.05) is 17.0 Å². The first-order valence-corrected chi connectivity index (χ1v) is 7.04. The van der Waals surface area contributed by atoms with Crippen molar-refractivity contribution in [2.45, 2.75) is 0 Å². The quantitative estimate of drug-likeness (QED) is 0.825. The summed E-state index contributed by atoms with van der Waals surface area (Å²) in [5.74, 6) is -0.601. The molecular formula is C14H9BrClFN2O. The van der Waals surface area contributed by atoms with Gasteiger partial charge in [-0.1, -0.05) is 11.6 Å². The minimum absolute atomic E-state index is 0.173. The Morgan fingerprint density at radius 2 is 1.95 bits per heavy atom. The third-order valence-electron chi connectivity index (χ3n) is 3.04. The number of carbonyl (C=O) groups is 1. The van der Waals surface area contributed by atoms with E-state index in [-0.39, 0.29) is 12.5 Å². The van der Waals surface area contributed by atoms with Crippen LogP contribution in [0, 0.1) is 5.82 Å². The number of benzene rings is 2. The number of amides is 1. The lowest BCUT2D eigenvalue weighted by Crippen LogP contribution is -2.35. The Hall–Kier alpha value is -1.59. The molecule has 0 bridgehead atoms. The molecule has 0 aromatic heterocycles. The number of carbonyl (C=O) groups excluding carboxylic acids is 1.